The molecule has 0 spiro atoms. The Labute approximate surface area is 182 Å². The quantitative estimate of drug-likeness (QED) is 0.457. The molecule has 1 aliphatic rings. The number of hydrogen-bond donors (Lipinski definition) is 1. The molecule has 29 heavy (non-hydrogen) atoms. The zero-order chi connectivity index (χ0) is 21.6. The number of nitrogens with one attached hydrogen (secondary N) is 1. The molecule has 0 fully saturated rings. The van der Waals surface area contributed by atoms with Crippen LogP contribution in [0, 0.1) is 0 Å². The van der Waals surface area contributed by atoms with Gasteiger partial charge in [0.2, 0.25) is 0 Å². The van der Waals surface area contributed by atoms with Crippen molar-refractivity contribution in [3.05, 3.63) is 57.7 Å². The van der Waals surface area contributed by atoms with E-state index in [-0.39, 0.29) is 19.2 Å². The van der Waals surface area contributed by atoms with Crippen molar-refractivity contribution in [2.45, 2.75) is 26.3 Å². The van der Waals surface area contributed by atoms with Crippen molar-refractivity contribution in [2.24, 2.45) is 0 Å². The van der Waals surface area contributed by atoms with Crippen LogP contribution in [0.2, 0.25) is 10.0 Å². The van der Waals surface area contributed by atoms with Gasteiger partial charge in [0.1, 0.15) is 0 Å². The topological polar surface area (TPSA) is 61.9 Å². The Bertz CT molecular complexity index is 810. The first-order valence-corrected chi connectivity index (χ1v) is 10.3. The third-order valence-corrected chi connectivity index (χ3v) is 5.11. The first kappa shape index (κ1) is 23.3. The van der Waals surface area contributed by atoms with Gasteiger partial charge in [-0.25, -0.2) is 9.59 Å². The van der Waals surface area contributed by atoms with Crippen LogP contribution in [-0.4, -0.2) is 55.1 Å². The molecule has 0 saturated heterocycles. The lowest BCUT2D eigenvalue weighted by molar-refractivity contribution is -0.139. The van der Waals surface area contributed by atoms with E-state index in [0.717, 1.165) is 13.0 Å². The standard InChI is InChI=1S/C21H27Cl2N3O3/c1-5-10-25(4)13-17-18(20(27)29-7-3)19(24-21(28)26(17)11-6-2)15-9-8-14(22)12-16(15)23/h6,8-9,12,19H,2,5,7,10-11,13H2,1,3-4H3,(H,24,28)/t19-/m0/s1. The molecule has 6 nitrogen and oxygen atoms in total. The molecule has 1 aromatic carbocycles. The largest absolute Gasteiger partial charge is 0.463 e. The summed E-state index contributed by atoms with van der Waals surface area (Å²) >= 11 is 12.4. The number of urea groups is 1. The molecule has 8 heteroatoms. The van der Waals surface area contributed by atoms with E-state index in [0.29, 0.717) is 33.4 Å². The lowest BCUT2D eigenvalue weighted by Gasteiger charge is -2.37. The number of esters is 1. The number of benzene rings is 1. The average Bonchev–Trinajstić information content (AvgIpc) is 2.64. The number of likely N-dealkylation sites (N-methyl/N-ethyl adjacent to an activating group) is 1. The number of nitrogens with zero attached hydrogens (tertiary/aromatic N) is 2. The number of hydrogen-bond acceptors (Lipinski definition) is 4. The van der Waals surface area contributed by atoms with Gasteiger partial charge in [0, 0.05) is 28.8 Å². The molecular formula is C21H27Cl2N3O3. The van der Waals surface area contributed by atoms with E-state index in [9.17, 15) is 9.59 Å². The average molecular weight is 440 g/mol. The van der Waals surface area contributed by atoms with Gasteiger partial charge in [0.15, 0.2) is 0 Å². The fourth-order valence-electron chi connectivity index (χ4n) is 3.33. The third-order valence-electron chi connectivity index (χ3n) is 4.54. The van der Waals surface area contributed by atoms with Gasteiger partial charge in [-0.2, -0.15) is 0 Å². The molecule has 1 aromatic rings. The molecule has 0 radical (unpaired) electrons. The number of carbonyl (C=O) groups excluding carboxylic acids is 2. The first-order chi connectivity index (χ1) is 13.8. The van der Waals surface area contributed by atoms with Gasteiger partial charge in [-0.3, -0.25) is 4.90 Å². The Kier molecular flexibility index (Phi) is 8.56. The third kappa shape index (κ3) is 5.53. The highest BCUT2D eigenvalue weighted by atomic mass is 35.5. The number of halogens is 2. The molecule has 1 atom stereocenters. The minimum atomic E-state index is -0.739. The van der Waals surface area contributed by atoms with Crippen LogP contribution < -0.4 is 5.32 Å². The van der Waals surface area contributed by atoms with Crippen LogP contribution in [0.3, 0.4) is 0 Å². The van der Waals surface area contributed by atoms with Gasteiger partial charge < -0.3 is 15.0 Å². The molecular weight excluding hydrogens is 413 g/mol. The van der Waals surface area contributed by atoms with E-state index in [1.54, 1.807) is 31.2 Å². The molecule has 158 valence electrons. The van der Waals surface area contributed by atoms with E-state index in [1.165, 1.54) is 4.90 Å². The van der Waals surface area contributed by atoms with Gasteiger partial charge in [-0.1, -0.05) is 42.3 Å². The van der Waals surface area contributed by atoms with E-state index < -0.39 is 12.0 Å². The lowest BCUT2D eigenvalue weighted by Crippen LogP contribution is -2.50. The zero-order valence-electron chi connectivity index (χ0n) is 17.0. The van der Waals surface area contributed by atoms with Crippen molar-refractivity contribution in [3.63, 3.8) is 0 Å². The highest BCUT2D eigenvalue weighted by molar-refractivity contribution is 6.35. The van der Waals surface area contributed by atoms with Crippen LogP contribution in [0.4, 0.5) is 4.79 Å². The van der Waals surface area contributed by atoms with Gasteiger partial charge >= 0.3 is 12.0 Å². The monoisotopic (exact) mass is 439 g/mol. The summed E-state index contributed by atoms with van der Waals surface area (Å²) in [7, 11) is 1.95. The number of rotatable bonds is 9. The molecule has 0 aliphatic carbocycles. The molecule has 0 bridgehead atoms. The maximum absolute atomic E-state index is 13.0. The fraction of sp³-hybridized carbons (Fsp3) is 0.429. The minimum absolute atomic E-state index is 0.219. The van der Waals surface area contributed by atoms with Crippen molar-refractivity contribution >= 4 is 35.2 Å². The van der Waals surface area contributed by atoms with Crippen molar-refractivity contribution in [3.8, 4) is 0 Å². The summed E-state index contributed by atoms with van der Waals surface area (Å²) in [4.78, 5) is 29.5. The highest BCUT2D eigenvalue weighted by Crippen LogP contribution is 2.36. The highest BCUT2D eigenvalue weighted by Gasteiger charge is 2.38. The molecule has 0 unspecified atom stereocenters. The van der Waals surface area contributed by atoms with Gasteiger partial charge in [0.25, 0.3) is 0 Å². The molecule has 1 heterocycles. The molecule has 0 aromatic heterocycles. The summed E-state index contributed by atoms with van der Waals surface area (Å²) in [6.45, 7) is 9.26. The summed E-state index contributed by atoms with van der Waals surface area (Å²) in [6.07, 6.45) is 2.57. The predicted octanol–water partition coefficient (Wildman–Crippen LogP) is 4.40. The number of carbonyl (C=O) groups is 2. The maximum Gasteiger partial charge on any atom is 0.338 e. The van der Waals surface area contributed by atoms with E-state index >= 15 is 0 Å². The van der Waals surface area contributed by atoms with Crippen LogP contribution in [0.15, 0.2) is 42.1 Å². The summed E-state index contributed by atoms with van der Waals surface area (Å²) in [6, 6.07) is 3.92. The van der Waals surface area contributed by atoms with Crippen molar-refractivity contribution < 1.29 is 14.3 Å². The van der Waals surface area contributed by atoms with Crippen LogP contribution >= 0.6 is 23.2 Å². The van der Waals surface area contributed by atoms with Crippen LogP contribution in [0.1, 0.15) is 31.9 Å². The smallest absolute Gasteiger partial charge is 0.338 e. The molecule has 1 N–H and O–H groups in total. The van der Waals surface area contributed by atoms with Crippen molar-refractivity contribution in [1.29, 1.82) is 0 Å². The second-order valence-electron chi connectivity index (χ2n) is 6.77. The first-order valence-electron chi connectivity index (χ1n) is 9.56. The van der Waals surface area contributed by atoms with E-state index in [1.807, 2.05) is 7.05 Å². The van der Waals surface area contributed by atoms with E-state index in [4.69, 9.17) is 27.9 Å². The lowest BCUT2D eigenvalue weighted by atomic mass is 9.94. The zero-order valence-corrected chi connectivity index (χ0v) is 18.5. The Morgan fingerprint density at radius 3 is 2.69 bits per heavy atom. The number of amides is 2. The predicted molar refractivity (Wildman–Crippen MR) is 116 cm³/mol. The van der Waals surface area contributed by atoms with Crippen molar-refractivity contribution in [2.75, 3.05) is 33.3 Å². The van der Waals surface area contributed by atoms with Crippen molar-refractivity contribution in [1.82, 2.24) is 15.1 Å². The summed E-state index contributed by atoms with van der Waals surface area (Å²) < 4.78 is 5.34. The Hall–Kier alpha value is -2.02. The SMILES string of the molecule is C=CCN1C(=O)N[C@@H](c2ccc(Cl)cc2Cl)C(C(=O)OCC)=C1CN(C)CCC. The van der Waals surface area contributed by atoms with E-state index in [2.05, 4.69) is 23.7 Å². The van der Waals surface area contributed by atoms with Gasteiger partial charge in [-0.05, 0) is 44.6 Å². The fourth-order valence-corrected chi connectivity index (χ4v) is 3.85. The van der Waals surface area contributed by atoms with Crippen LogP contribution in [0.25, 0.3) is 0 Å². The van der Waals surface area contributed by atoms with Gasteiger partial charge in [-0.15, -0.1) is 6.58 Å². The number of ether oxygens (including phenoxy) is 1. The Balaban J connectivity index is 2.67. The van der Waals surface area contributed by atoms with Crippen LogP contribution in [0.5, 0.6) is 0 Å². The Morgan fingerprint density at radius 1 is 1.38 bits per heavy atom. The summed E-state index contributed by atoms with van der Waals surface area (Å²) in [5.41, 5.74) is 1.53. The Morgan fingerprint density at radius 2 is 2.10 bits per heavy atom. The summed E-state index contributed by atoms with van der Waals surface area (Å²) in [5.74, 6) is -0.488. The van der Waals surface area contributed by atoms with Crippen LogP contribution in [-0.2, 0) is 9.53 Å². The second-order valence-corrected chi connectivity index (χ2v) is 7.61. The maximum atomic E-state index is 13.0. The van der Waals surface area contributed by atoms with Gasteiger partial charge in [0.05, 0.1) is 18.2 Å². The normalized spacial score (nSPS) is 16.8. The second kappa shape index (κ2) is 10.7. The summed E-state index contributed by atoms with van der Waals surface area (Å²) in [5, 5.41) is 3.72. The molecule has 1 aliphatic heterocycles. The molecule has 0 saturated carbocycles. The minimum Gasteiger partial charge on any atom is -0.463 e. The molecule has 2 rings (SSSR count). The molecule has 2 amide bonds.